The molecule has 0 amide bonds. The van der Waals surface area contributed by atoms with E-state index in [1.165, 1.54) is 0 Å². The molecule has 1 heterocycles. The lowest BCUT2D eigenvalue weighted by molar-refractivity contribution is 0.242. The number of benzene rings is 1. The highest BCUT2D eigenvalue weighted by Gasteiger charge is 2.04. The molecule has 0 aliphatic heterocycles. The lowest BCUT2D eigenvalue weighted by atomic mass is 10.3. The van der Waals surface area contributed by atoms with Crippen LogP contribution in [0.15, 0.2) is 36.5 Å². The minimum Gasteiger partial charge on any atom is -0.491 e. The van der Waals surface area contributed by atoms with Crippen molar-refractivity contribution in [2.75, 3.05) is 0 Å². The highest BCUT2D eigenvalue weighted by Crippen LogP contribution is 2.20. The quantitative estimate of drug-likeness (QED) is 0.818. The molecule has 84 valence electrons. The van der Waals surface area contributed by atoms with Crippen LogP contribution < -0.4 is 4.74 Å². The summed E-state index contributed by atoms with van der Waals surface area (Å²) in [5.41, 5.74) is 0.896. The maximum atomic E-state index is 5.99. The molecule has 0 unspecified atom stereocenters. The molecule has 1 aromatic carbocycles. The van der Waals surface area contributed by atoms with Gasteiger partial charge in [-0.05, 0) is 32.0 Å². The molecule has 0 spiro atoms. The Morgan fingerprint density at radius 1 is 1.31 bits per heavy atom. The van der Waals surface area contributed by atoms with Crippen LogP contribution in [0.25, 0.3) is 5.69 Å². The molecule has 0 saturated heterocycles. The van der Waals surface area contributed by atoms with E-state index in [0.29, 0.717) is 5.15 Å². The Morgan fingerprint density at radius 3 is 2.75 bits per heavy atom. The maximum absolute atomic E-state index is 5.99. The van der Waals surface area contributed by atoms with Gasteiger partial charge in [0, 0.05) is 6.07 Å². The fourth-order valence-corrected chi connectivity index (χ4v) is 1.64. The van der Waals surface area contributed by atoms with Crippen LogP contribution in [-0.4, -0.2) is 15.9 Å². The molecule has 16 heavy (non-hydrogen) atoms. The van der Waals surface area contributed by atoms with Gasteiger partial charge in [0.25, 0.3) is 0 Å². The van der Waals surface area contributed by atoms with Crippen molar-refractivity contribution in [3.05, 3.63) is 41.7 Å². The average molecular weight is 237 g/mol. The van der Waals surface area contributed by atoms with E-state index in [9.17, 15) is 0 Å². The second kappa shape index (κ2) is 4.58. The van der Waals surface area contributed by atoms with Gasteiger partial charge in [-0.15, -0.1) is 0 Å². The van der Waals surface area contributed by atoms with Crippen molar-refractivity contribution >= 4 is 11.6 Å². The Bertz CT molecular complexity index is 479. The van der Waals surface area contributed by atoms with Crippen LogP contribution in [0.3, 0.4) is 0 Å². The van der Waals surface area contributed by atoms with E-state index < -0.39 is 0 Å². The number of rotatable bonds is 3. The highest BCUT2D eigenvalue weighted by atomic mass is 35.5. The normalized spacial score (nSPS) is 10.8. The van der Waals surface area contributed by atoms with Crippen LogP contribution in [0, 0.1) is 0 Å². The topological polar surface area (TPSA) is 27.1 Å². The number of hydrogen-bond donors (Lipinski definition) is 0. The number of hydrogen-bond acceptors (Lipinski definition) is 2. The SMILES string of the molecule is CC(C)Oc1cccc(-n2nccc2Cl)c1. The predicted octanol–water partition coefficient (Wildman–Crippen LogP) is 3.31. The third-order valence-corrected chi connectivity index (χ3v) is 2.32. The first-order valence-corrected chi connectivity index (χ1v) is 5.51. The molecule has 4 heteroatoms. The molecular formula is C12H13ClN2O. The van der Waals surface area contributed by atoms with Crippen molar-refractivity contribution in [3.8, 4) is 11.4 Å². The van der Waals surface area contributed by atoms with E-state index in [4.69, 9.17) is 16.3 Å². The van der Waals surface area contributed by atoms with Crippen molar-refractivity contribution < 1.29 is 4.74 Å². The number of aromatic nitrogens is 2. The largest absolute Gasteiger partial charge is 0.491 e. The van der Waals surface area contributed by atoms with E-state index >= 15 is 0 Å². The molecule has 0 bridgehead atoms. The van der Waals surface area contributed by atoms with Crippen molar-refractivity contribution in [2.24, 2.45) is 0 Å². The molecule has 0 fully saturated rings. The number of ether oxygens (including phenoxy) is 1. The second-order valence-electron chi connectivity index (χ2n) is 3.73. The molecule has 0 N–H and O–H groups in total. The van der Waals surface area contributed by atoms with Crippen molar-refractivity contribution in [1.29, 1.82) is 0 Å². The Labute approximate surface area is 99.6 Å². The molecule has 0 radical (unpaired) electrons. The fraction of sp³-hybridized carbons (Fsp3) is 0.250. The predicted molar refractivity (Wildman–Crippen MR) is 64.3 cm³/mol. The first-order valence-electron chi connectivity index (χ1n) is 5.13. The van der Waals surface area contributed by atoms with Crippen molar-refractivity contribution in [3.63, 3.8) is 0 Å². The monoisotopic (exact) mass is 236 g/mol. The first-order chi connectivity index (χ1) is 7.66. The van der Waals surface area contributed by atoms with Crippen LogP contribution in [0.2, 0.25) is 5.15 Å². The van der Waals surface area contributed by atoms with Gasteiger partial charge in [-0.1, -0.05) is 17.7 Å². The van der Waals surface area contributed by atoms with Crippen LogP contribution in [0.1, 0.15) is 13.8 Å². The Kier molecular flexibility index (Phi) is 3.15. The minimum atomic E-state index is 0.156. The Morgan fingerprint density at radius 2 is 2.12 bits per heavy atom. The smallest absolute Gasteiger partial charge is 0.132 e. The van der Waals surface area contributed by atoms with Gasteiger partial charge in [-0.3, -0.25) is 0 Å². The molecule has 0 saturated carbocycles. The van der Waals surface area contributed by atoms with Gasteiger partial charge < -0.3 is 4.74 Å². The fourth-order valence-electron chi connectivity index (χ4n) is 1.44. The van der Waals surface area contributed by atoms with Crippen molar-refractivity contribution in [1.82, 2.24) is 9.78 Å². The summed E-state index contributed by atoms with van der Waals surface area (Å²) in [6, 6.07) is 9.44. The summed E-state index contributed by atoms with van der Waals surface area (Å²) in [5.74, 6) is 0.819. The van der Waals surface area contributed by atoms with E-state index in [1.54, 1.807) is 16.9 Å². The standard InChI is InChI=1S/C12H13ClN2O/c1-9(2)16-11-5-3-4-10(8-11)15-12(13)6-7-14-15/h3-9H,1-2H3. The number of halogens is 1. The summed E-state index contributed by atoms with van der Waals surface area (Å²) < 4.78 is 7.27. The van der Waals surface area contributed by atoms with E-state index in [1.807, 2.05) is 38.1 Å². The lowest BCUT2D eigenvalue weighted by Gasteiger charge is -2.11. The van der Waals surface area contributed by atoms with E-state index in [-0.39, 0.29) is 6.10 Å². The van der Waals surface area contributed by atoms with Crippen LogP contribution in [-0.2, 0) is 0 Å². The first kappa shape index (κ1) is 11.0. The summed E-state index contributed by atoms with van der Waals surface area (Å²) in [6.45, 7) is 3.99. The molecule has 2 aromatic rings. The van der Waals surface area contributed by atoms with Gasteiger partial charge in [0.2, 0.25) is 0 Å². The molecule has 0 atom stereocenters. The van der Waals surface area contributed by atoms with E-state index in [0.717, 1.165) is 11.4 Å². The maximum Gasteiger partial charge on any atom is 0.132 e. The van der Waals surface area contributed by atoms with Crippen molar-refractivity contribution in [2.45, 2.75) is 20.0 Å². The molecule has 0 aliphatic carbocycles. The summed E-state index contributed by atoms with van der Waals surface area (Å²) in [4.78, 5) is 0. The van der Waals surface area contributed by atoms with Gasteiger partial charge in [0.05, 0.1) is 18.0 Å². The van der Waals surface area contributed by atoms with Gasteiger partial charge >= 0.3 is 0 Å². The molecular weight excluding hydrogens is 224 g/mol. The third-order valence-electron chi connectivity index (χ3n) is 2.03. The van der Waals surface area contributed by atoms with Crippen LogP contribution >= 0.6 is 11.6 Å². The second-order valence-corrected chi connectivity index (χ2v) is 4.12. The van der Waals surface area contributed by atoms with Gasteiger partial charge in [-0.25, -0.2) is 4.68 Å². The summed E-state index contributed by atoms with van der Waals surface area (Å²) in [6.07, 6.45) is 1.82. The van der Waals surface area contributed by atoms with Crippen LogP contribution in [0.5, 0.6) is 5.75 Å². The third kappa shape index (κ3) is 2.36. The van der Waals surface area contributed by atoms with Crippen LogP contribution in [0.4, 0.5) is 0 Å². The molecule has 1 aromatic heterocycles. The van der Waals surface area contributed by atoms with E-state index in [2.05, 4.69) is 5.10 Å². The Balaban J connectivity index is 2.33. The summed E-state index contributed by atoms with van der Waals surface area (Å²) in [5, 5.41) is 4.72. The molecule has 0 aliphatic rings. The van der Waals surface area contributed by atoms with Gasteiger partial charge in [0.15, 0.2) is 0 Å². The zero-order valence-electron chi connectivity index (χ0n) is 9.22. The number of nitrogens with zero attached hydrogens (tertiary/aromatic N) is 2. The molecule has 3 nitrogen and oxygen atoms in total. The highest BCUT2D eigenvalue weighted by molar-refractivity contribution is 6.29. The van der Waals surface area contributed by atoms with Gasteiger partial charge in [0.1, 0.15) is 10.9 Å². The van der Waals surface area contributed by atoms with Gasteiger partial charge in [-0.2, -0.15) is 5.10 Å². The summed E-state index contributed by atoms with van der Waals surface area (Å²) >= 11 is 5.99. The lowest BCUT2D eigenvalue weighted by Crippen LogP contribution is -2.06. The minimum absolute atomic E-state index is 0.156. The zero-order chi connectivity index (χ0) is 11.5. The zero-order valence-corrected chi connectivity index (χ0v) is 9.98. The Hall–Kier alpha value is -1.48. The average Bonchev–Trinajstić information content (AvgIpc) is 2.64. The summed E-state index contributed by atoms with van der Waals surface area (Å²) in [7, 11) is 0. The molecule has 2 rings (SSSR count).